The van der Waals surface area contributed by atoms with Crippen molar-refractivity contribution in [1.82, 2.24) is 4.90 Å². The quantitative estimate of drug-likeness (QED) is 0.756. The topological polar surface area (TPSA) is 57.0 Å². The number of rotatable bonds is 7. The number of hydrogen-bond donors (Lipinski definition) is 1. The Balaban J connectivity index is 2.04. The predicted molar refractivity (Wildman–Crippen MR) is 73.5 cm³/mol. The summed E-state index contributed by atoms with van der Waals surface area (Å²) in [5.41, 5.74) is 7.04. The number of hydrogen-bond acceptors (Lipinski definition) is 5. The highest BCUT2D eigenvalue weighted by Gasteiger charge is 2.19. The predicted octanol–water partition coefficient (Wildman–Crippen LogP) is 1.38. The molecule has 106 valence electrons. The summed E-state index contributed by atoms with van der Waals surface area (Å²) in [5.74, 6) is 1.60. The molecule has 5 heteroatoms. The third-order valence-corrected chi connectivity index (χ3v) is 3.33. The number of fused-ring (bicyclic) bond motifs is 1. The first-order valence-electron chi connectivity index (χ1n) is 6.63. The van der Waals surface area contributed by atoms with Crippen molar-refractivity contribution in [3.63, 3.8) is 0 Å². The van der Waals surface area contributed by atoms with Crippen LogP contribution in [0.3, 0.4) is 0 Å². The van der Waals surface area contributed by atoms with Crippen LogP contribution in [0.25, 0.3) is 0 Å². The highest BCUT2D eigenvalue weighted by atomic mass is 16.7. The Morgan fingerprint density at radius 2 is 2.16 bits per heavy atom. The highest BCUT2D eigenvalue weighted by molar-refractivity contribution is 5.45. The molecule has 1 aromatic carbocycles. The van der Waals surface area contributed by atoms with Gasteiger partial charge in [-0.15, -0.1) is 0 Å². The lowest BCUT2D eigenvalue weighted by Gasteiger charge is -2.27. The zero-order valence-electron chi connectivity index (χ0n) is 11.6. The first-order valence-corrected chi connectivity index (χ1v) is 6.63. The van der Waals surface area contributed by atoms with E-state index in [2.05, 4.69) is 11.9 Å². The van der Waals surface area contributed by atoms with Gasteiger partial charge in [0.15, 0.2) is 11.5 Å². The summed E-state index contributed by atoms with van der Waals surface area (Å²) in [7, 11) is 2.06. The maximum absolute atomic E-state index is 5.90. The Bertz CT molecular complexity index is 412. The van der Waals surface area contributed by atoms with E-state index in [-0.39, 0.29) is 6.04 Å². The maximum Gasteiger partial charge on any atom is 0.231 e. The van der Waals surface area contributed by atoms with E-state index < -0.39 is 0 Å². The first-order chi connectivity index (χ1) is 9.26. The zero-order chi connectivity index (χ0) is 13.7. The molecule has 0 radical (unpaired) electrons. The Morgan fingerprint density at radius 3 is 2.89 bits per heavy atom. The van der Waals surface area contributed by atoms with E-state index >= 15 is 0 Å². The van der Waals surface area contributed by atoms with Crippen molar-refractivity contribution >= 4 is 0 Å². The van der Waals surface area contributed by atoms with Crippen LogP contribution in [0.15, 0.2) is 18.2 Å². The van der Waals surface area contributed by atoms with Crippen LogP contribution in [0.4, 0.5) is 0 Å². The lowest BCUT2D eigenvalue weighted by Crippen LogP contribution is -2.33. The first kappa shape index (κ1) is 14.1. The summed E-state index contributed by atoms with van der Waals surface area (Å²) < 4.78 is 16.1. The smallest absolute Gasteiger partial charge is 0.231 e. The fourth-order valence-electron chi connectivity index (χ4n) is 2.20. The maximum atomic E-state index is 5.90. The van der Waals surface area contributed by atoms with Crippen molar-refractivity contribution < 1.29 is 14.2 Å². The van der Waals surface area contributed by atoms with Gasteiger partial charge in [-0.1, -0.05) is 6.07 Å². The van der Waals surface area contributed by atoms with E-state index in [1.54, 1.807) is 0 Å². The number of ether oxygens (including phenoxy) is 3. The summed E-state index contributed by atoms with van der Waals surface area (Å²) in [4.78, 5) is 2.20. The van der Waals surface area contributed by atoms with E-state index in [9.17, 15) is 0 Å². The van der Waals surface area contributed by atoms with Crippen LogP contribution in [0, 0.1) is 0 Å². The molecule has 5 nitrogen and oxygen atoms in total. The Labute approximate surface area is 114 Å². The van der Waals surface area contributed by atoms with Crippen molar-refractivity contribution in [2.24, 2.45) is 5.73 Å². The van der Waals surface area contributed by atoms with E-state index in [1.807, 2.05) is 25.1 Å². The molecular weight excluding hydrogens is 244 g/mol. The molecule has 2 N–H and O–H groups in total. The molecule has 0 amide bonds. The van der Waals surface area contributed by atoms with Crippen LogP contribution in [-0.2, 0) is 4.74 Å². The second kappa shape index (κ2) is 6.75. The molecule has 0 fully saturated rings. The van der Waals surface area contributed by atoms with Gasteiger partial charge >= 0.3 is 0 Å². The molecule has 1 aromatic rings. The lowest BCUT2D eigenvalue weighted by molar-refractivity contribution is 0.108. The van der Waals surface area contributed by atoms with Crippen LogP contribution in [0.1, 0.15) is 18.5 Å². The lowest BCUT2D eigenvalue weighted by atomic mass is 10.1. The molecule has 1 atom stereocenters. The fraction of sp³-hybridized carbons (Fsp3) is 0.571. The standard InChI is InChI=1S/C14H22N2O3/c1-3-17-7-6-16(2)12(9-15)11-4-5-13-14(8-11)19-10-18-13/h4-5,8,12H,3,6-7,9-10,15H2,1-2H3. The molecule has 1 aliphatic rings. The number of likely N-dealkylation sites (N-methyl/N-ethyl adjacent to an activating group) is 1. The molecule has 0 spiro atoms. The summed E-state index contributed by atoms with van der Waals surface area (Å²) in [6.07, 6.45) is 0. The van der Waals surface area contributed by atoms with Crippen LogP contribution in [0.5, 0.6) is 11.5 Å². The van der Waals surface area contributed by atoms with Crippen LogP contribution < -0.4 is 15.2 Å². The molecule has 0 bridgehead atoms. The Hall–Kier alpha value is -1.30. The van der Waals surface area contributed by atoms with Crippen molar-refractivity contribution in [3.05, 3.63) is 23.8 Å². The Kier molecular flexibility index (Phi) is 5.01. The minimum atomic E-state index is 0.162. The van der Waals surface area contributed by atoms with Crippen LogP contribution >= 0.6 is 0 Å². The normalized spacial score (nSPS) is 14.9. The van der Waals surface area contributed by atoms with Gasteiger partial charge in [0.2, 0.25) is 6.79 Å². The van der Waals surface area contributed by atoms with E-state index in [0.29, 0.717) is 19.9 Å². The molecule has 19 heavy (non-hydrogen) atoms. The monoisotopic (exact) mass is 266 g/mol. The molecule has 1 unspecified atom stereocenters. The average molecular weight is 266 g/mol. The number of nitrogens with zero attached hydrogens (tertiary/aromatic N) is 1. The van der Waals surface area contributed by atoms with E-state index in [1.165, 1.54) is 0 Å². The average Bonchev–Trinajstić information content (AvgIpc) is 2.87. The third-order valence-electron chi connectivity index (χ3n) is 3.33. The van der Waals surface area contributed by atoms with Gasteiger partial charge < -0.3 is 19.9 Å². The van der Waals surface area contributed by atoms with Crippen molar-refractivity contribution in [1.29, 1.82) is 0 Å². The van der Waals surface area contributed by atoms with Gasteiger partial charge in [0.25, 0.3) is 0 Å². The zero-order valence-corrected chi connectivity index (χ0v) is 11.6. The largest absolute Gasteiger partial charge is 0.454 e. The van der Waals surface area contributed by atoms with Crippen molar-refractivity contribution in [2.45, 2.75) is 13.0 Å². The second-order valence-corrected chi connectivity index (χ2v) is 4.54. The summed E-state index contributed by atoms with van der Waals surface area (Å²) in [6.45, 7) is 5.16. The summed E-state index contributed by atoms with van der Waals surface area (Å²) >= 11 is 0. The van der Waals surface area contributed by atoms with Gasteiger partial charge in [-0.2, -0.15) is 0 Å². The van der Waals surface area contributed by atoms with Crippen molar-refractivity contribution in [2.75, 3.05) is 40.1 Å². The van der Waals surface area contributed by atoms with Gasteiger partial charge in [0.1, 0.15) is 0 Å². The minimum Gasteiger partial charge on any atom is -0.454 e. The number of nitrogens with two attached hydrogens (primary N) is 1. The van der Waals surface area contributed by atoms with E-state index in [0.717, 1.165) is 30.2 Å². The molecular formula is C14H22N2O3. The Morgan fingerprint density at radius 1 is 1.37 bits per heavy atom. The molecule has 0 aliphatic carbocycles. The molecule has 0 saturated carbocycles. The molecule has 1 aliphatic heterocycles. The molecule has 1 heterocycles. The second-order valence-electron chi connectivity index (χ2n) is 4.54. The van der Waals surface area contributed by atoms with Crippen molar-refractivity contribution in [3.8, 4) is 11.5 Å². The molecule has 2 rings (SSSR count). The molecule has 0 saturated heterocycles. The third kappa shape index (κ3) is 3.37. The SMILES string of the molecule is CCOCCN(C)C(CN)c1ccc2c(c1)OCO2. The molecule has 0 aromatic heterocycles. The fourth-order valence-corrected chi connectivity index (χ4v) is 2.20. The van der Waals surface area contributed by atoms with Gasteiger partial charge in [0, 0.05) is 25.7 Å². The highest BCUT2D eigenvalue weighted by Crippen LogP contribution is 2.34. The number of benzene rings is 1. The van der Waals surface area contributed by atoms with Gasteiger partial charge in [-0.3, -0.25) is 4.90 Å². The van der Waals surface area contributed by atoms with Gasteiger partial charge in [0.05, 0.1) is 6.61 Å². The van der Waals surface area contributed by atoms with Gasteiger partial charge in [-0.05, 0) is 31.7 Å². The van der Waals surface area contributed by atoms with Crippen LogP contribution in [-0.4, -0.2) is 45.0 Å². The summed E-state index contributed by atoms with van der Waals surface area (Å²) in [6, 6.07) is 6.16. The summed E-state index contributed by atoms with van der Waals surface area (Å²) in [5, 5.41) is 0. The van der Waals surface area contributed by atoms with E-state index in [4.69, 9.17) is 19.9 Å². The van der Waals surface area contributed by atoms with Gasteiger partial charge in [-0.25, -0.2) is 0 Å². The van der Waals surface area contributed by atoms with Crippen LogP contribution in [0.2, 0.25) is 0 Å². The minimum absolute atomic E-state index is 0.162.